The molecule has 7 heteroatoms. The summed E-state index contributed by atoms with van der Waals surface area (Å²) < 4.78 is 14.5. The zero-order valence-corrected chi connectivity index (χ0v) is 15.4. The molecule has 1 saturated carbocycles. The van der Waals surface area contributed by atoms with Gasteiger partial charge >= 0.3 is 5.97 Å². The first-order chi connectivity index (χ1) is 12.9. The Morgan fingerprint density at radius 2 is 2.00 bits per heavy atom. The standard InChI is InChI=1S/C20H24FN3O3/c1-11(2)13-7-6-12(10-16(13)21)18(17-8-9-22-24-17)23-19(25)14-4-3-5-15(14)20(26)27/h6-11,14-15,18H,3-5H2,1-2H3,(H,22,24)(H,23,25)(H,26,27)/t14-,15+,18-/m1/s1. The highest BCUT2D eigenvalue weighted by atomic mass is 19.1. The molecule has 3 rings (SSSR count). The summed E-state index contributed by atoms with van der Waals surface area (Å²) in [4.78, 5) is 24.2. The van der Waals surface area contributed by atoms with Crippen molar-refractivity contribution in [3.63, 3.8) is 0 Å². The fraction of sp³-hybridized carbons (Fsp3) is 0.450. The molecule has 1 amide bonds. The number of hydrogen-bond acceptors (Lipinski definition) is 3. The summed E-state index contributed by atoms with van der Waals surface area (Å²) in [6.45, 7) is 3.83. The van der Waals surface area contributed by atoms with Crippen molar-refractivity contribution >= 4 is 11.9 Å². The van der Waals surface area contributed by atoms with Crippen LogP contribution in [0, 0.1) is 17.7 Å². The second-order valence-electron chi connectivity index (χ2n) is 7.37. The van der Waals surface area contributed by atoms with Crippen LogP contribution >= 0.6 is 0 Å². The normalized spacial score (nSPS) is 20.6. The van der Waals surface area contributed by atoms with Crippen LogP contribution in [-0.2, 0) is 9.59 Å². The Bertz CT molecular complexity index is 820. The SMILES string of the molecule is CC(C)c1ccc([C@@H](NC(=O)[C@@H]2CCC[C@@H]2C(=O)O)c2ccn[nH]2)cc1F. The van der Waals surface area contributed by atoms with Crippen LogP contribution in [-0.4, -0.2) is 27.2 Å². The van der Waals surface area contributed by atoms with Crippen molar-refractivity contribution in [2.75, 3.05) is 0 Å². The lowest BCUT2D eigenvalue weighted by Gasteiger charge is -2.23. The van der Waals surface area contributed by atoms with E-state index in [-0.39, 0.29) is 17.6 Å². The molecule has 27 heavy (non-hydrogen) atoms. The Balaban J connectivity index is 1.88. The van der Waals surface area contributed by atoms with E-state index < -0.39 is 23.8 Å². The number of rotatable bonds is 6. The van der Waals surface area contributed by atoms with E-state index in [2.05, 4.69) is 15.5 Å². The number of nitrogens with zero attached hydrogens (tertiary/aromatic N) is 1. The van der Waals surface area contributed by atoms with Crippen molar-refractivity contribution < 1.29 is 19.1 Å². The number of carboxylic acids is 1. The summed E-state index contributed by atoms with van der Waals surface area (Å²) >= 11 is 0. The highest BCUT2D eigenvalue weighted by Gasteiger charge is 2.38. The monoisotopic (exact) mass is 373 g/mol. The Morgan fingerprint density at radius 3 is 2.59 bits per heavy atom. The molecule has 0 saturated heterocycles. The number of aromatic amines is 1. The van der Waals surface area contributed by atoms with Gasteiger partial charge in [-0.3, -0.25) is 14.7 Å². The van der Waals surface area contributed by atoms with Crippen molar-refractivity contribution in [2.24, 2.45) is 11.8 Å². The number of nitrogens with one attached hydrogen (secondary N) is 2. The maximum absolute atomic E-state index is 14.5. The molecule has 1 aliphatic rings. The largest absolute Gasteiger partial charge is 0.481 e. The van der Waals surface area contributed by atoms with Gasteiger partial charge in [0.15, 0.2) is 0 Å². The van der Waals surface area contributed by atoms with Gasteiger partial charge in [-0.15, -0.1) is 0 Å². The number of carbonyl (C=O) groups is 2. The van der Waals surface area contributed by atoms with Gasteiger partial charge in [0, 0.05) is 6.20 Å². The third-order valence-electron chi connectivity index (χ3n) is 5.27. The maximum atomic E-state index is 14.5. The van der Waals surface area contributed by atoms with Gasteiger partial charge in [0.25, 0.3) is 0 Å². The predicted octanol–water partition coefficient (Wildman–Crippen LogP) is 3.38. The number of amides is 1. The van der Waals surface area contributed by atoms with E-state index in [0.29, 0.717) is 36.1 Å². The molecule has 6 nitrogen and oxygen atoms in total. The minimum atomic E-state index is -0.946. The van der Waals surface area contributed by atoms with Crippen molar-refractivity contribution in [2.45, 2.75) is 45.1 Å². The van der Waals surface area contributed by atoms with Crippen LogP contribution in [0.2, 0.25) is 0 Å². The first-order valence-electron chi connectivity index (χ1n) is 9.20. The Hall–Kier alpha value is -2.70. The molecular weight excluding hydrogens is 349 g/mol. The quantitative estimate of drug-likeness (QED) is 0.723. The molecule has 0 radical (unpaired) electrons. The molecule has 1 fully saturated rings. The highest BCUT2D eigenvalue weighted by molar-refractivity contribution is 5.85. The fourth-order valence-corrected chi connectivity index (χ4v) is 3.78. The number of H-pyrrole nitrogens is 1. The van der Waals surface area contributed by atoms with Crippen LogP contribution in [0.3, 0.4) is 0 Å². The minimum absolute atomic E-state index is 0.0501. The zero-order valence-electron chi connectivity index (χ0n) is 15.4. The molecule has 1 aromatic carbocycles. The van der Waals surface area contributed by atoms with Crippen LogP contribution in [0.4, 0.5) is 4.39 Å². The van der Waals surface area contributed by atoms with Gasteiger partial charge in [0.05, 0.1) is 23.6 Å². The molecule has 1 aromatic heterocycles. The first-order valence-corrected chi connectivity index (χ1v) is 9.20. The van der Waals surface area contributed by atoms with Gasteiger partial charge in [-0.25, -0.2) is 4.39 Å². The number of benzene rings is 1. The second kappa shape index (κ2) is 7.90. The maximum Gasteiger partial charge on any atom is 0.307 e. The van der Waals surface area contributed by atoms with Crippen LogP contribution in [0.15, 0.2) is 30.5 Å². The zero-order chi connectivity index (χ0) is 19.6. The average molecular weight is 373 g/mol. The molecule has 0 spiro atoms. The van der Waals surface area contributed by atoms with E-state index in [1.165, 1.54) is 6.07 Å². The van der Waals surface area contributed by atoms with Crippen LogP contribution in [0.1, 0.15) is 61.9 Å². The molecule has 1 heterocycles. The first kappa shape index (κ1) is 19.1. The molecule has 0 unspecified atom stereocenters. The summed E-state index contributed by atoms with van der Waals surface area (Å²) in [7, 11) is 0. The van der Waals surface area contributed by atoms with Gasteiger partial charge in [0.2, 0.25) is 5.91 Å². The minimum Gasteiger partial charge on any atom is -0.481 e. The Morgan fingerprint density at radius 1 is 1.26 bits per heavy atom. The molecule has 3 atom stereocenters. The lowest BCUT2D eigenvalue weighted by molar-refractivity contribution is -0.146. The van der Waals surface area contributed by atoms with E-state index in [1.807, 2.05) is 13.8 Å². The van der Waals surface area contributed by atoms with E-state index in [4.69, 9.17) is 0 Å². The van der Waals surface area contributed by atoms with Crippen molar-refractivity contribution in [1.82, 2.24) is 15.5 Å². The number of aliphatic carboxylic acids is 1. The highest BCUT2D eigenvalue weighted by Crippen LogP contribution is 2.33. The smallest absolute Gasteiger partial charge is 0.307 e. The molecule has 144 valence electrons. The molecule has 0 bridgehead atoms. The van der Waals surface area contributed by atoms with Crippen molar-refractivity contribution in [3.8, 4) is 0 Å². The molecule has 2 aromatic rings. The summed E-state index contributed by atoms with van der Waals surface area (Å²) in [6, 6.07) is 6.02. The Labute approximate surface area is 157 Å². The van der Waals surface area contributed by atoms with Gasteiger partial charge in [-0.1, -0.05) is 32.4 Å². The number of hydrogen-bond donors (Lipinski definition) is 3. The number of aromatic nitrogens is 2. The van der Waals surface area contributed by atoms with Gasteiger partial charge < -0.3 is 10.4 Å². The molecule has 3 N–H and O–H groups in total. The van der Waals surface area contributed by atoms with Crippen LogP contribution in [0.25, 0.3) is 0 Å². The van der Waals surface area contributed by atoms with Gasteiger partial charge in [0.1, 0.15) is 5.82 Å². The van der Waals surface area contributed by atoms with Crippen molar-refractivity contribution in [3.05, 3.63) is 53.1 Å². The molecule has 1 aliphatic carbocycles. The molecule has 0 aliphatic heterocycles. The number of carboxylic acid groups (broad SMARTS) is 1. The average Bonchev–Trinajstić information content (AvgIpc) is 3.30. The number of halogens is 1. The topological polar surface area (TPSA) is 95.1 Å². The Kier molecular flexibility index (Phi) is 5.58. The predicted molar refractivity (Wildman–Crippen MR) is 97.5 cm³/mol. The lowest BCUT2D eigenvalue weighted by Crippen LogP contribution is -2.38. The summed E-state index contributed by atoms with van der Waals surface area (Å²) in [5.74, 6) is -2.80. The van der Waals surface area contributed by atoms with E-state index in [0.717, 1.165) is 0 Å². The van der Waals surface area contributed by atoms with Crippen LogP contribution in [0.5, 0.6) is 0 Å². The number of carbonyl (C=O) groups excluding carboxylic acids is 1. The van der Waals surface area contributed by atoms with E-state index in [9.17, 15) is 19.1 Å². The summed E-state index contributed by atoms with van der Waals surface area (Å²) in [5, 5.41) is 19.0. The van der Waals surface area contributed by atoms with E-state index in [1.54, 1.807) is 24.4 Å². The third kappa shape index (κ3) is 4.02. The fourth-order valence-electron chi connectivity index (χ4n) is 3.78. The lowest BCUT2D eigenvalue weighted by atomic mass is 9.93. The third-order valence-corrected chi connectivity index (χ3v) is 5.27. The second-order valence-corrected chi connectivity index (χ2v) is 7.37. The van der Waals surface area contributed by atoms with Gasteiger partial charge in [-0.05, 0) is 42.0 Å². The molecular formula is C20H24FN3O3. The van der Waals surface area contributed by atoms with Crippen LogP contribution < -0.4 is 5.32 Å². The van der Waals surface area contributed by atoms with Crippen molar-refractivity contribution in [1.29, 1.82) is 0 Å². The van der Waals surface area contributed by atoms with Gasteiger partial charge in [-0.2, -0.15) is 5.10 Å². The summed E-state index contributed by atoms with van der Waals surface area (Å²) in [5.41, 5.74) is 1.81. The summed E-state index contributed by atoms with van der Waals surface area (Å²) in [6.07, 6.45) is 3.31. The van der Waals surface area contributed by atoms with E-state index >= 15 is 0 Å².